The number of rotatable bonds is 5. The average molecular weight is 471 g/mol. The lowest BCUT2D eigenvalue weighted by atomic mass is 10.3. The number of aliphatic imine (C=N–C) groups is 1. The van der Waals surface area contributed by atoms with Gasteiger partial charge in [-0.2, -0.15) is 0 Å². The van der Waals surface area contributed by atoms with Gasteiger partial charge in [0.15, 0.2) is 11.8 Å². The summed E-state index contributed by atoms with van der Waals surface area (Å²) in [7, 11) is 3.58. The van der Waals surface area contributed by atoms with Gasteiger partial charge in [0.25, 0.3) is 0 Å². The first-order valence-corrected chi connectivity index (χ1v) is 7.93. The largest absolute Gasteiger partial charge is 0.386 e. The maximum absolute atomic E-state index is 10.1. The van der Waals surface area contributed by atoms with Gasteiger partial charge in [-0.15, -0.1) is 45.5 Å². The SMILES string of the molecule is CN=C(NCc1nnc(C)n1C)NCC(O)c1ccc(Cl)s1.I. The first-order valence-electron chi connectivity index (χ1n) is 6.74. The summed E-state index contributed by atoms with van der Waals surface area (Å²) in [5.41, 5.74) is 0. The fourth-order valence-corrected chi connectivity index (χ4v) is 2.84. The number of halogens is 2. The quantitative estimate of drug-likeness (QED) is 0.353. The van der Waals surface area contributed by atoms with Crippen LogP contribution in [0, 0.1) is 6.92 Å². The van der Waals surface area contributed by atoms with Gasteiger partial charge < -0.3 is 20.3 Å². The summed E-state index contributed by atoms with van der Waals surface area (Å²) in [4.78, 5) is 4.93. The average Bonchev–Trinajstić information content (AvgIpc) is 3.07. The third-order valence-electron chi connectivity index (χ3n) is 3.21. The second-order valence-electron chi connectivity index (χ2n) is 4.69. The highest BCUT2D eigenvalue weighted by Crippen LogP contribution is 2.26. The van der Waals surface area contributed by atoms with E-state index in [1.165, 1.54) is 11.3 Å². The van der Waals surface area contributed by atoms with Crippen LogP contribution in [0.2, 0.25) is 4.34 Å². The van der Waals surface area contributed by atoms with Crippen LogP contribution in [0.15, 0.2) is 17.1 Å². The number of hydrogen-bond donors (Lipinski definition) is 3. The molecule has 2 aromatic heterocycles. The minimum atomic E-state index is -0.631. The molecule has 2 rings (SSSR count). The lowest BCUT2D eigenvalue weighted by Crippen LogP contribution is -2.39. The smallest absolute Gasteiger partial charge is 0.191 e. The van der Waals surface area contributed by atoms with Crippen LogP contribution in [0.1, 0.15) is 22.6 Å². The topological polar surface area (TPSA) is 87.4 Å². The van der Waals surface area contributed by atoms with E-state index in [-0.39, 0.29) is 24.0 Å². The van der Waals surface area contributed by atoms with Crippen molar-refractivity contribution in [2.24, 2.45) is 12.0 Å². The second-order valence-corrected chi connectivity index (χ2v) is 6.43. The molecule has 0 aliphatic rings. The fourth-order valence-electron chi connectivity index (χ4n) is 1.79. The number of guanidine groups is 1. The van der Waals surface area contributed by atoms with Crippen LogP contribution in [0.3, 0.4) is 0 Å². The Kier molecular flexibility index (Phi) is 8.23. The molecule has 23 heavy (non-hydrogen) atoms. The number of nitrogens with zero attached hydrogens (tertiary/aromatic N) is 4. The Morgan fingerprint density at radius 3 is 2.70 bits per heavy atom. The molecular weight excluding hydrogens is 451 g/mol. The standard InChI is InChI=1S/C13H19ClN6OS.HI/c1-8-18-19-12(20(8)3)7-17-13(15-2)16-6-9(21)10-4-5-11(14)22-10;/h4-5,9,21H,6-7H2,1-3H3,(H2,15,16,17);1H. The number of aliphatic hydroxyl groups excluding tert-OH is 1. The van der Waals surface area contributed by atoms with Gasteiger partial charge in [-0.05, 0) is 19.1 Å². The summed E-state index contributed by atoms with van der Waals surface area (Å²) in [5.74, 6) is 2.25. The molecule has 1 unspecified atom stereocenters. The van der Waals surface area contributed by atoms with E-state index in [1.807, 2.05) is 24.6 Å². The Hall–Kier alpha value is -0.910. The summed E-state index contributed by atoms with van der Waals surface area (Å²) < 4.78 is 2.57. The molecule has 7 nitrogen and oxygen atoms in total. The monoisotopic (exact) mass is 470 g/mol. The van der Waals surface area contributed by atoms with E-state index in [4.69, 9.17) is 11.6 Å². The second kappa shape index (κ2) is 9.40. The molecule has 128 valence electrons. The molecular formula is C13H20ClIN6OS. The van der Waals surface area contributed by atoms with Gasteiger partial charge >= 0.3 is 0 Å². The Morgan fingerprint density at radius 1 is 1.43 bits per heavy atom. The summed E-state index contributed by atoms with van der Waals surface area (Å²) in [6.07, 6.45) is -0.631. The highest BCUT2D eigenvalue weighted by molar-refractivity contribution is 14.0. The predicted molar refractivity (Wildman–Crippen MR) is 104 cm³/mol. The van der Waals surface area contributed by atoms with Gasteiger partial charge in [0.2, 0.25) is 0 Å². The molecule has 2 heterocycles. The molecule has 1 atom stereocenters. The zero-order valence-corrected chi connectivity index (χ0v) is 17.0. The zero-order valence-electron chi connectivity index (χ0n) is 13.1. The van der Waals surface area contributed by atoms with E-state index < -0.39 is 6.10 Å². The van der Waals surface area contributed by atoms with Crippen molar-refractivity contribution in [1.82, 2.24) is 25.4 Å². The third-order valence-corrected chi connectivity index (χ3v) is 4.54. The number of nitrogens with one attached hydrogen (secondary N) is 2. The van der Waals surface area contributed by atoms with Crippen LogP contribution in [0.4, 0.5) is 0 Å². The molecule has 0 spiro atoms. The number of hydrogen-bond acceptors (Lipinski definition) is 5. The van der Waals surface area contributed by atoms with Crippen LogP contribution < -0.4 is 10.6 Å². The van der Waals surface area contributed by atoms with Crippen molar-refractivity contribution < 1.29 is 5.11 Å². The van der Waals surface area contributed by atoms with Crippen molar-refractivity contribution in [2.75, 3.05) is 13.6 Å². The van der Waals surface area contributed by atoms with E-state index in [0.717, 1.165) is 16.5 Å². The van der Waals surface area contributed by atoms with Crippen molar-refractivity contribution in [3.63, 3.8) is 0 Å². The number of aromatic nitrogens is 3. The van der Waals surface area contributed by atoms with Crippen molar-refractivity contribution in [3.8, 4) is 0 Å². The molecule has 0 amide bonds. The van der Waals surface area contributed by atoms with Gasteiger partial charge in [0.05, 0.1) is 10.9 Å². The first kappa shape index (κ1) is 20.1. The van der Waals surface area contributed by atoms with Gasteiger partial charge in [0.1, 0.15) is 11.9 Å². The van der Waals surface area contributed by atoms with Crippen LogP contribution in [0.5, 0.6) is 0 Å². The normalized spacial score (nSPS) is 12.7. The van der Waals surface area contributed by atoms with Crippen LogP contribution in [-0.2, 0) is 13.6 Å². The van der Waals surface area contributed by atoms with Gasteiger partial charge in [-0.1, -0.05) is 11.6 Å². The first-order chi connectivity index (χ1) is 10.5. The predicted octanol–water partition coefficient (Wildman–Crippen LogP) is 1.86. The van der Waals surface area contributed by atoms with E-state index in [1.54, 1.807) is 13.1 Å². The minimum absolute atomic E-state index is 0. The van der Waals surface area contributed by atoms with Crippen molar-refractivity contribution in [3.05, 3.63) is 33.0 Å². The molecule has 0 saturated heterocycles. The van der Waals surface area contributed by atoms with Crippen LogP contribution in [0.25, 0.3) is 0 Å². The highest BCUT2D eigenvalue weighted by atomic mass is 127. The molecule has 0 saturated carbocycles. The molecule has 0 radical (unpaired) electrons. The number of thiophene rings is 1. The Labute approximate surface area is 161 Å². The molecule has 10 heteroatoms. The zero-order chi connectivity index (χ0) is 16.1. The molecule has 0 fully saturated rings. The maximum Gasteiger partial charge on any atom is 0.191 e. The van der Waals surface area contributed by atoms with Crippen molar-refractivity contribution >= 4 is 52.9 Å². The third kappa shape index (κ3) is 5.59. The summed E-state index contributed by atoms with van der Waals surface area (Å²) >= 11 is 7.23. The van der Waals surface area contributed by atoms with Crippen molar-refractivity contribution in [1.29, 1.82) is 0 Å². The lowest BCUT2D eigenvalue weighted by Gasteiger charge is -2.14. The Bertz CT molecular complexity index is 659. The number of aryl methyl sites for hydroxylation is 1. The molecule has 0 aromatic carbocycles. The van der Waals surface area contributed by atoms with E-state index in [9.17, 15) is 5.11 Å². The Balaban J connectivity index is 0.00000264. The molecule has 0 aliphatic carbocycles. The lowest BCUT2D eigenvalue weighted by molar-refractivity contribution is 0.184. The molecule has 2 aromatic rings. The molecule has 3 N–H and O–H groups in total. The van der Waals surface area contributed by atoms with E-state index in [0.29, 0.717) is 23.4 Å². The fraction of sp³-hybridized carbons (Fsp3) is 0.462. The maximum atomic E-state index is 10.1. The van der Waals surface area contributed by atoms with Gasteiger partial charge in [0, 0.05) is 25.5 Å². The van der Waals surface area contributed by atoms with Gasteiger partial charge in [-0.25, -0.2) is 0 Å². The van der Waals surface area contributed by atoms with E-state index in [2.05, 4.69) is 25.8 Å². The summed E-state index contributed by atoms with van der Waals surface area (Å²) in [6, 6.07) is 3.59. The molecule has 0 bridgehead atoms. The Morgan fingerprint density at radius 2 is 2.17 bits per heavy atom. The summed E-state index contributed by atoms with van der Waals surface area (Å²) in [5, 5.41) is 24.4. The summed E-state index contributed by atoms with van der Waals surface area (Å²) in [6.45, 7) is 2.73. The van der Waals surface area contributed by atoms with Crippen LogP contribution >= 0.6 is 46.9 Å². The van der Waals surface area contributed by atoms with Crippen molar-refractivity contribution in [2.45, 2.75) is 19.6 Å². The number of aliphatic hydroxyl groups is 1. The minimum Gasteiger partial charge on any atom is -0.386 e. The highest BCUT2D eigenvalue weighted by Gasteiger charge is 2.11. The van der Waals surface area contributed by atoms with Crippen LogP contribution in [-0.4, -0.2) is 39.4 Å². The molecule has 0 aliphatic heterocycles. The van der Waals surface area contributed by atoms with E-state index >= 15 is 0 Å². The van der Waals surface area contributed by atoms with Gasteiger partial charge in [-0.3, -0.25) is 4.99 Å².